The van der Waals surface area contributed by atoms with Crippen molar-refractivity contribution in [1.29, 1.82) is 0 Å². The fourth-order valence-electron chi connectivity index (χ4n) is 2.05. The van der Waals surface area contributed by atoms with Crippen LogP contribution < -0.4 is 0 Å². The Morgan fingerprint density at radius 2 is 1.93 bits per heavy atom. The lowest BCUT2D eigenvalue weighted by Gasteiger charge is -2.28. The van der Waals surface area contributed by atoms with E-state index in [1.807, 2.05) is 6.26 Å². The summed E-state index contributed by atoms with van der Waals surface area (Å²) in [5.74, 6) is 1.71. The van der Waals surface area contributed by atoms with E-state index in [9.17, 15) is 0 Å². The molecule has 1 heteroatoms. The van der Waals surface area contributed by atoms with E-state index in [1.54, 1.807) is 0 Å². The van der Waals surface area contributed by atoms with Crippen molar-refractivity contribution in [3.05, 3.63) is 23.7 Å². The van der Waals surface area contributed by atoms with Crippen molar-refractivity contribution in [3.8, 4) is 0 Å². The summed E-state index contributed by atoms with van der Waals surface area (Å²) in [5, 5.41) is 0. The van der Waals surface area contributed by atoms with Gasteiger partial charge >= 0.3 is 0 Å². The smallest absolute Gasteiger partial charge is 0.107 e. The molecular formula is C14H24O. The lowest BCUT2D eigenvalue weighted by Crippen LogP contribution is -2.17. The van der Waals surface area contributed by atoms with Gasteiger partial charge in [0.15, 0.2) is 0 Å². The highest BCUT2D eigenvalue weighted by atomic mass is 16.3. The Bertz CT molecular complexity index is 291. The molecule has 1 rings (SSSR count). The third-order valence-electron chi connectivity index (χ3n) is 3.05. The van der Waals surface area contributed by atoms with Crippen LogP contribution in [0, 0.1) is 5.41 Å². The van der Waals surface area contributed by atoms with E-state index in [4.69, 9.17) is 4.42 Å². The highest BCUT2D eigenvalue weighted by Gasteiger charge is 2.27. The SMILES string of the molecule is CCC[C@@H](c1cc(CC)co1)C(C)(C)C. The predicted molar refractivity (Wildman–Crippen MR) is 65.2 cm³/mol. The molecule has 0 saturated heterocycles. The quantitative estimate of drug-likeness (QED) is 0.694. The molecule has 1 atom stereocenters. The third kappa shape index (κ3) is 3.12. The molecule has 0 spiro atoms. The summed E-state index contributed by atoms with van der Waals surface area (Å²) in [4.78, 5) is 0. The van der Waals surface area contributed by atoms with Crippen LogP contribution in [0.25, 0.3) is 0 Å². The summed E-state index contributed by atoms with van der Waals surface area (Å²) in [7, 11) is 0. The van der Waals surface area contributed by atoms with Crippen LogP contribution in [0.5, 0.6) is 0 Å². The second kappa shape index (κ2) is 4.87. The molecule has 0 amide bonds. The standard InChI is InChI=1S/C14H24O/c1-6-8-12(14(3,4)5)13-9-11(7-2)10-15-13/h9-10,12H,6-8H2,1-5H3/t12-/m0/s1. The van der Waals surface area contributed by atoms with Gasteiger partial charge in [-0.05, 0) is 29.9 Å². The maximum atomic E-state index is 5.70. The molecule has 0 aliphatic carbocycles. The van der Waals surface area contributed by atoms with E-state index in [0.29, 0.717) is 11.3 Å². The molecule has 1 aromatic rings. The van der Waals surface area contributed by atoms with Crippen LogP contribution in [0.15, 0.2) is 16.7 Å². The Labute approximate surface area is 93.9 Å². The Hall–Kier alpha value is -0.720. The van der Waals surface area contributed by atoms with Crippen molar-refractivity contribution in [1.82, 2.24) is 0 Å². The summed E-state index contributed by atoms with van der Waals surface area (Å²) < 4.78 is 5.70. The molecule has 0 radical (unpaired) electrons. The summed E-state index contributed by atoms with van der Waals surface area (Å²) in [5.41, 5.74) is 1.61. The average molecular weight is 208 g/mol. The number of hydrogen-bond donors (Lipinski definition) is 0. The Morgan fingerprint density at radius 3 is 2.33 bits per heavy atom. The molecule has 0 fully saturated rings. The van der Waals surface area contributed by atoms with Gasteiger partial charge in [-0.2, -0.15) is 0 Å². The van der Waals surface area contributed by atoms with Crippen LogP contribution in [-0.4, -0.2) is 0 Å². The monoisotopic (exact) mass is 208 g/mol. The van der Waals surface area contributed by atoms with Gasteiger partial charge in [0.1, 0.15) is 5.76 Å². The van der Waals surface area contributed by atoms with Gasteiger partial charge in [-0.25, -0.2) is 0 Å². The van der Waals surface area contributed by atoms with E-state index in [2.05, 4.69) is 40.7 Å². The first-order chi connectivity index (χ1) is 6.99. The fourth-order valence-corrected chi connectivity index (χ4v) is 2.05. The molecule has 86 valence electrons. The molecule has 1 aromatic heterocycles. The molecule has 0 N–H and O–H groups in total. The van der Waals surface area contributed by atoms with Crippen LogP contribution in [0.1, 0.15) is 64.7 Å². The number of hydrogen-bond acceptors (Lipinski definition) is 1. The second-order valence-electron chi connectivity index (χ2n) is 5.42. The molecule has 15 heavy (non-hydrogen) atoms. The van der Waals surface area contributed by atoms with Crippen LogP contribution in [-0.2, 0) is 6.42 Å². The molecule has 0 bridgehead atoms. The van der Waals surface area contributed by atoms with E-state index in [1.165, 1.54) is 24.2 Å². The van der Waals surface area contributed by atoms with Crippen molar-refractivity contribution < 1.29 is 4.42 Å². The third-order valence-corrected chi connectivity index (χ3v) is 3.05. The summed E-state index contributed by atoms with van der Waals surface area (Å²) in [6, 6.07) is 2.23. The largest absolute Gasteiger partial charge is 0.469 e. The Kier molecular flexibility index (Phi) is 4.01. The summed E-state index contributed by atoms with van der Waals surface area (Å²) in [6.45, 7) is 11.3. The molecule has 0 unspecified atom stereocenters. The normalized spacial score (nSPS) is 14.2. The van der Waals surface area contributed by atoms with Crippen molar-refractivity contribution in [2.45, 2.75) is 59.8 Å². The summed E-state index contributed by atoms with van der Waals surface area (Å²) in [6.07, 6.45) is 5.39. The van der Waals surface area contributed by atoms with Crippen LogP contribution in [0.2, 0.25) is 0 Å². The zero-order valence-corrected chi connectivity index (χ0v) is 10.8. The number of furan rings is 1. The zero-order chi connectivity index (χ0) is 11.5. The second-order valence-corrected chi connectivity index (χ2v) is 5.42. The van der Waals surface area contributed by atoms with Gasteiger partial charge in [-0.3, -0.25) is 0 Å². The van der Waals surface area contributed by atoms with Crippen molar-refractivity contribution in [3.63, 3.8) is 0 Å². The van der Waals surface area contributed by atoms with E-state index in [0.717, 1.165) is 6.42 Å². The number of rotatable bonds is 4. The maximum absolute atomic E-state index is 5.70. The van der Waals surface area contributed by atoms with E-state index in [-0.39, 0.29) is 0 Å². The molecule has 0 aliphatic heterocycles. The van der Waals surface area contributed by atoms with Gasteiger partial charge in [-0.1, -0.05) is 41.0 Å². The van der Waals surface area contributed by atoms with E-state index >= 15 is 0 Å². The minimum atomic E-state index is 0.291. The molecule has 0 saturated carbocycles. The minimum absolute atomic E-state index is 0.291. The van der Waals surface area contributed by atoms with Crippen molar-refractivity contribution in [2.75, 3.05) is 0 Å². The van der Waals surface area contributed by atoms with E-state index < -0.39 is 0 Å². The summed E-state index contributed by atoms with van der Waals surface area (Å²) >= 11 is 0. The molecular weight excluding hydrogens is 184 g/mol. The Balaban J connectivity index is 2.88. The molecule has 0 aromatic carbocycles. The van der Waals surface area contributed by atoms with Crippen LogP contribution in [0.4, 0.5) is 0 Å². The molecule has 0 aliphatic rings. The van der Waals surface area contributed by atoms with Gasteiger partial charge in [0.25, 0.3) is 0 Å². The number of aryl methyl sites for hydroxylation is 1. The van der Waals surface area contributed by atoms with Crippen LogP contribution >= 0.6 is 0 Å². The average Bonchev–Trinajstić information content (AvgIpc) is 2.60. The zero-order valence-electron chi connectivity index (χ0n) is 10.8. The van der Waals surface area contributed by atoms with Gasteiger partial charge < -0.3 is 4.42 Å². The lowest BCUT2D eigenvalue weighted by molar-refractivity contribution is 0.264. The lowest BCUT2D eigenvalue weighted by atomic mass is 9.76. The fraction of sp³-hybridized carbons (Fsp3) is 0.714. The molecule has 1 nitrogen and oxygen atoms in total. The van der Waals surface area contributed by atoms with Gasteiger partial charge in [-0.15, -0.1) is 0 Å². The van der Waals surface area contributed by atoms with Gasteiger partial charge in [0.2, 0.25) is 0 Å². The van der Waals surface area contributed by atoms with Gasteiger partial charge in [0, 0.05) is 5.92 Å². The van der Waals surface area contributed by atoms with Crippen molar-refractivity contribution >= 4 is 0 Å². The highest BCUT2D eigenvalue weighted by Crippen LogP contribution is 2.39. The maximum Gasteiger partial charge on any atom is 0.107 e. The highest BCUT2D eigenvalue weighted by molar-refractivity contribution is 5.17. The predicted octanol–water partition coefficient (Wildman–Crippen LogP) is 4.77. The van der Waals surface area contributed by atoms with Gasteiger partial charge in [0.05, 0.1) is 6.26 Å². The minimum Gasteiger partial charge on any atom is -0.469 e. The van der Waals surface area contributed by atoms with Crippen molar-refractivity contribution in [2.24, 2.45) is 5.41 Å². The first-order valence-corrected chi connectivity index (χ1v) is 6.06. The Morgan fingerprint density at radius 1 is 1.27 bits per heavy atom. The first kappa shape index (κ1) is 12.4. The first-order valence-electron chi connectivity index (χ1n) is 6.06. The van der Waals surface area contributed by atoms with Crippen LogP contribution in [0.3, 0.4) is 0 Å². The molecule has 1 heterocycles. The topological polar surface area (TPSA) is 13.1 Å².